The fourth-order valence-corrected chi connectivity index (χ4v) is 1.48. The number of ether oxygens (including phenoxy) is 1. The van der Waals surface area contributed by atoms with E-state index in [1.54, 1.807) is 0 Å². The van der Waals surface area contributed by atoms with E-state index >= 15 is 0 Å². The van der Waals surface area contributed by atoms with Crippen molar-refractivity contribution in [1.82, 2.24) is 0 Å². The Kier molecular flexibility index (Phi) is 4.17. The van der Waals surface area contributed by atoms with Gasteiger partial charge in [-0.05, 0) is 0 Å². The second-order valence-electron chi connectivity index (χ2n) is 3.42. The normalized spacial score (nSPS) is 40.4. The average molecular weight is 233 g/mol. The van der Waals surface area contributed by atoms with Crippen molar-refractivity contribution >= 4 is 0 Å². The van der Waals surface area contributed by atoms with E-state index in [1.165, 1.54) is 0 Å². The van der Waals surface area contributed by atoms with Crippen LogP contribution in [-0.4, -0.2) is 62.7 Å². The van der Waals surface area contributed by atoms with E-state index < -0.39 is 42.9 Å². The lowest BCUT2D eigenvalue weighted by molar-refractivity contribution is -0.225. The highest BCUT2D eigenvalue weighted by Gasteiger charge is 2.45. The fraction of sp³-hybridized carbons (Fsp3) is 0.750. The summed E-state index contributed by atoms with van der Waals surface area (Å²) in [6.07, 6.45) is -6.52. The molecule has 0 aromatic heterocycles. The summed E-state index contributed by atoms with van der Waals surface area (Å²) in [6, 6.07) is 0. The highest BCUT2D eigenvalue weighted by Crippen LogP contribution is 2.24. The van der Waals surface area contributed by atoms with E-state index in [0.717, 1.165) is 0 Å². The molecule has 0 amide bonds. The van der Waals surface area contributed by atoms with Crippen LogP contribution in [0, 0.1) is 5.39 Å². The smallest absolute Gasteiger partial charge is 0.390 e. The van der Waals surface area contributed by atoms with Gasteiger partial charge in [0.05, 0.1) is 6.61 Å². The van der Waals surface area contributed by atoms with E-state index in [9.17, 15) is 20.4 Å². The molecule has 1 aliphatic rings. The Morgan fingerprint density at radius 2 is 1.88 bits per heavy atom. The van der Waals surface area contributed by atoms with Gasteiger partial charge in [-0.3, -0.25) is 0 Å². The highest BCUT2D eigenvalue weighted by atomic mass is 16.6. The molecule has 8 heteroatoms. The Bertz CT molecular complexity index is 312. The Labute approximate surface area is 90.6 Å². The van der Waals surface area contributed by atoms with Crippen molar-refractivity contribution in [2.24, 2.45) is 0 Å². The van der Waals surface area contributed by atoms with Crippen LogP contribution in [-0.2, 0) is 4.74 Å². The minimum Gasteiger partial charge on any atom is -0.503 e. The number of hydrogen-bond acceptors (Lipinski definition) is 7. The van der Waals surface area contributed by atoms with Crippen molar-refractivity contribution < 1.29 is 30.3 Å². The number of hydrogen-bond donors (Lipinski definition) is 5. The highest BCUT2D eigenvalue weighted by molar-refractivity contribution is 5.09. The molecule has 0 unspecified atom stereocenters. The van der Waals surface area contributed by atoms with E-state index in [-0.39, 0.29) is 0 Å². The first kappa shape index (κ1) is 12.8. The molecule has 0 aliphatic carbocycles. The van der Waals surface area contributed by atoms with E-state index in [0.29, 0.717) is 6.20 Å². The molecule has 0 radical (unpaired) electrons. The van der Waals surface area contributed by atoms with Gasteiger partial charge in [0.15, 0.2) is 11.1 Å². The molecule has 90 valence electrons. The predicted octanol–water partition coefficient (Wildman–Crippen LogP) is -1.92. The lowest BCUT2D eigenvalue weighted by Gasteiger charge is -2.38. The zero-order valence-electron chi connectivity index (χ0n) is 8.21. The molecule has 5 N–H and O–H groups in total. The van der Waals surface area contributed by atoms with Crippen molar-refractivity contribution in [1.29, 1.82) is 5.39 Å². The molecule has 1 rings (SSSR count). The van der Waals surface area contributed by atoms with E-state index in [1.807, 2.05) is 0 Å². The zero-order chi connectivity index (χ0) is 12.3. The Morgan fingerprint density at radius 1 is 1.25 bits per heavy atom. The standard InChI is InChI=1S/C8H12N2O6/c9-10-1-3(12)8-7(15)6(14)5(13)4(2-11)16-8/h1,4-8,11,13-15H,2H2/p+1/b3-1-/t4-,5+,6+,7-,8+/m1/s1. The SMILES string of the molecule is N#[N+]/C=C(\O)[C@@H]1O[C@H](CO)[C@H](O)[C@H](O)[C@H]1O. The molecule has 0 aromatic carbocycles. The number of nitrogens with zero attached hydrogens (tertiary/aromatic N) is 2. The maximum absolute atomic E-state index is 9.48. The first-order valence-corrected chi connectivity index (χ1v) is 4.56. The maximum atomic E-state index is 9.48. The largest absolute Gasteiger partial charge is 0.503 e. The molecule has 1 saturated heterocycles. The van der Waals surface area contributed by atoms with Crippen LogP contribution in [0.25, 0.3) is 4.98 Å². The fourth-order valence-electron chi connectivity index (χ4n) is 1.48. The van der Waals surface area contributed by atoms with Crippen LogP contribution in [0.15, 0.2) is 12.0 Å². The molecule has 16 heavy (non-hydrogen) atoms. The minimum atomic E-state index is -1.59. The molecule has 0 saturated carbocycles. The molecule has 0 spiro atoms. The van der Waals surface area contributed by atoms with Crippen molar-refractivity contribution in [2.75, 3.05) is 6.61 Å². The first-order valence-electron chi connectivity index (χ1n) is 4.56. The van der Waals surface area contributed by atoms with Gasteiger partial charge in [-0.1, -0.05) is 0 Å². The van der Waals surface area contributed by atoms with Crippen LogP contribution in [0.1, 0.15) is 0 Å². The topological polar surface area (TPSA) is 139 Å². The monoisotopic (exact) mass is 233 g/mol. The lowest BCUT2D eigenvalue weighted by atomic mass is 9.94. The third-order valence-electron chi connectivity index (χ3n) is 2.37. The van der Waals surface area contributed by atoms with Crippen molar-refractivity contribution in [2.45, 2.75) is 30.5 Å². The third-order valence-corrected chi connectivity index (χ3v) is 2.37. The van der Waals surface area contributed by atoms with Crippen LogP contribution < -0.4 is 0 Å². The van der Waals surface area contributed by atoms with Gasteiger partial charge in [0.1, 0.15) is 24.4 Å². The number of rotatable bonds is 2. The molecular weight excluding hydrogens is 220 g/mol. The third kappa shape index (κ3) is 2.29. The maximum Gasteiger partial charge on any atom is 0.390 e. The van der Waals surface area contributed by atoms with Gasteiger partial charge in [-0.15, -0.1) is 0 Å². The van der Waals surface area contributed by atoms with Gasteiger partial charge in [-0.2, -0.15) is 0 Å². The molecule has 1 heterocycles. The number of aliphatic hydroxyl groups is 5. The quantitative estimate of drug-likeness (QED) is 0.277. The Morgan fingerprint density at radius 3 is 2.38 bits per heavy atom. The number of diazo groups is 1. The van der Waals surface area contributed by atoms with E-state index in [4.69, 9.17) is 15.2 Å². The predicted molar refractivity (Wildman–Crippen MR) is 49.6 cm³/mol. The molecule has 5 atom stereocenters. The molecule has 1 aliphatic heterocycles. The second kappa shape index (κ2) is 5.20. The average Bonchev–Trinajstić information content (AvgIpc) is 2.27. The Balaban J connectivity index is 2.87. The van der Waals surface area contributed by atoms with Crippen molar-refractivity contribution in [3.63, 3.8) is 0 Å². The van der Waals surface area contributed by atoms with Crippen molar-refractivity contribution in [3.05, 3.63) is 16.9 Å². The van der Waals surface area contributed by atoms with Crippen LogP contribution in [0.2, 0.25) is 0 Å². The summed E-state index contributed by atoms with van der Waals surface area (Å²) >= 11 is 0. The van der Waals surface area contributed by atoms with Crippen LogP contribution in [0.4, 0.5) is 0 Å². The van der Waals surface area contributed by atoms with Gasteiger partial charge in [0.25, 0.3) is 0 Å². The summed E-state index contributed by atoms with van der Waals surface area (Å²) in [5.41, 5.74) is 0. The van der Waals surface area contributed by atoms with Crippen LogP contribution >= 0.6 is 0 Å². The number of aliphatic hydroxyl groups excluding tert-OH is 5. The minimum absolute atomic E-state index is 0.592. The van der Waals surface area contributed by atoms with Gasteiger partial charge in [-0.25, -0.2) is 0 Å². The van der Waals surface area contributed by atoms with Gasteiger partial charge in [0, 0.05) is 0 Å². The molecular formula is C8H13N2O6+. The molecule has 1 fully saturated rings. The second-order valence-corrected chi connectivity index (χ2v) is 3.42. The van der Waals surface area contributed by atoms with Crippen molar-refractivity contribution in [3.8, 4) is 0 Å². The summed E-state index contributed by atoms with van der Waals surface area (Å²) in [5.74, 6) is -0.626. The van der Waals surface area contributed by atoms with Gasteiger partial charge >= 0.3 is 6.20 Å². The first-order chi connectivity index (χ1) is 7.52. The molecule has 8 nitrogen and oxygen atoms in total. The molecule has 0 bridgehead atoms. The zero-order valence-corrected chi connectivity index (χ0v) is 8.21. The summed E-state index contributed by atoms with van der Waals surface area (Å²) < 4.78 is 4.95. The lowest BCUT2D eigenvalue weighted by Crippen LogP contribution is -2.58. The summed E-state index contributed by atoms with van der Waals surface area (Å²) in [6.45, 7) is -0.592. The summed E-state index contributed by atoms with van der Waals surface area (Å²) in [7, 11) is 0. The molecule has 0 aromatic rings. The van der Waals surface area contributed by atoms with Gasteiger partial charge < -0.3 is 30.3 Å². The van der Waals surface area contributed by atoms with E-state index in [2.05, 4.69) is 4.98 Å². The van der Waals surface area contributed by atoms with Gasteiger partial charge in [0.2, 0.25) is 11.2 Å². The van der Waals surface area contributed by atoms with Crippen LogP contribution in [0.3, 0.4) is 0 Å². The Hall–Kier alpha value is -1.24. The summed E-state index contributed by atoms with van der Waals surface area (Å²) in [5, 5.41) is 54.6. The summed E-state index contributed by atoms with van der Waals surface area (Å²) in [4.78, 5) is 2.53. The van der Waals surface area contributed by atoms with Crippen LogP contribution in [0.5, 0.6) is 0 Å².